The minimum Gasteiger partial charge on any atom is -0.277 e. The Morgan fingerprint density at radius 2 is 2.18 bits per heavy atom. The molecule has 0 fully saturated rings. The van der Waals surface area contributed by atoms with E-state index in [0.29, 0.717) is 5.88 Å². The number of allylic oxidation sites excluding steroid dienone is 2. The van der Waals surface area contributed by atoms with E-state index in [2.05, 4.69) is 16.7 Å². The van der Waals surface area contributed by atoms with Gasteiger partial charge in [-0.05, 0) is 19.2 Å². The normalized spacial score (nSPS) is 13.4. The van der Waals surface area contributed by atoms with Gasteiger partial charge in [0, 0.05) is 6.21 Å². The van der Waals surface area contributed by atoms with E-state index in [1.54, 1.807) is 6.21 Å². The summed E-state index contributed by atoms with van der Waals surface area (Å²) in [6.45, 7) is 5.24. The van der Waals surface area contributed by atoms with E-state index in [9.17, 15) is 0 Å². The van der Waals surface area contributed by atoms with Crippen molar-refractivity contribution in [3.63, 3.8) is 0 Å². The fourth-order valence-electron chi connectivity index (χ4n) is 0.518. The minimum atomic E-state index is 0.254. The monoisotopic (exact) mass is 192 g/mol. The summed E-state index contributed by atoms with van der Waals surface area (Å²) in [5, 5.41) is 0. The van der Waals surface area contributed by atoms with Crippen LogP contribution in [0.4, 0.5) is 0 Å². The Kier molecular flexibility index (Phi) is 6.18. The Balaban J connectivity index is 4.34. The van der Waals surface area contributed by atoms with Crippen LogP contribution in [0.3, 0.4) is 0 Å². The number of aliphatic imine (C=N–C) groups is 2. The zero-order valence-corrected chi connectivity index (χ0v) is 7.86. The van der Waals surface area contributed by atoms with Gasteiger partial charge in [0.25, 0.3) is 0 Å². The van der Waals surface area contributed by atoms with E-state index in [0.717, 1.165) is 11.3 Å². The highest BCUT2D eigenvalue weighted by Gasteiger charge is 1.94. The molecule has 0 saturated heterocycles. The molecule has 0 N–H and O–H groups in total. The quantitative estimate of drug-likeness (QED) is 0.372. The Morgan fingerprint density at radius 1 is 1.55 bits per heavy atom. The molecule has 0 aliphatic carbocycles. The maximum absolute atomic E-state index is 5.56. The van der Waals surface area contributed by atoms with Gasteiger partial charge in [-0.15, -0.1) is 23.2 Å². The molecule has 0 spiro atoms. The number of alkyl halides is 2. The smallest absolute Gasteiger partial charge is 0.113 e. The van der Waals surface area contributed by atoms with Crippen molar-refractivity contribution < 1.29 is 0 Å². The molecule has 2 nitrogen and oxygen atoms in total. The zero-order chi connectivity index (χ0) is 8.69. The second-order valence-electron chi connectivity index (χ2n) is 1.85. The highest BCUT2D eigenvalue weighted by molar-refractivity contribution is 6.20. The zero-order valence-electron chi connectivity index (χ0n) is 6.35. The molecule has 0 aromatic carbocycles. The van der Waals surface area contributed by atoms with E-state index in [1.807, 2.05) is 6.92 Å². The summed E-state index contributed by atoms with van der Waals surface area (Å²) in [5.41, 5.74) is 1.64. The van der Waals surface area contributed by atoms with Crippen molar-refractivity contribution in [3.05, 3.63) is 11.3 Å². The first-order valence-electron chi connectivity index (χ1n) is 3.04. The summed E-state index contributed by atoms with van der Waals surface area (Å²) >= 11 is 10.9. The van der Waals surface area contributed by atoms with Gasteiger partial charge in [-0.2, -0.15) is 0 Å². The third kappa shape index (κ3) is 4.17. The first-order chi connectivity index (χ1) is 5.26. The number of halogens is 2. The van der Waals surface area contributed by atoms with Crippen molar-refractivity contribution in [2.75, 3.05) is 11.9 Å². The lowest BCUT2D eigenvalue weighted by atomic mass is 10.3. The molecular formula is C7H10Cl2N2. The number of hydrogen-bond acceptors (Lipinski definition) is 2. The molecule has 0 atom stereocenters. The lowest BCUT2D eigenvalue weighted by Crippen LogP contribution is -1.88. The lowest BCUT2D eigenvalue weighted by molar-refractivity contribution is 1.27. The molecule has 0 aromatic heterocycles. The number of hydrogen-bond donors (Lipinski definition) is 0. The van der Waals surface area contributed by atoms with Gasteiger partial charge in [-0.25, -0.2) is 0 Å². The summed E-state index contributed by atoms with van der Waals surface area (Å²) in [6.07, 6.45) is 1.64. The van der Waals surface area contributed by atoms with E-state index < -0.39 is 0 Å². The van der Waals surface area contributed by atoms with Gasteiger partial charge < -0.3 is 0 Å². The van der Waals surface area contributed by atoms with Gasteiger partial charge in [0.15, 0.2) is 0 Å². The van der Waals surface area contributed by atoms with Crippen molar-refractivity contribution in [2.45, 2.75) is 6.92 Å². The topological polar surface area (TPSA) is 24.7 Å². The lowest BCUT2D eigenvalue weighted by Gasteiger charge is -1.96. The second-order valence-corrected chi connectivity index (χ2v) is 2.36. The summed E-state index contributed by atoms with van der Waals surface area (Å²) in [5.74, 6) is 0.351. The van der Waals surface area contributed by atoms with Gasteiger partial charge >= 0.3 is 0 Å². The van der Waals surface area contributed by atoms with Crippen LogP contribution in [0.2, 0.25) is 0 Å². The maximum Gasteiger partial charge on any atom is 0.113 e. The molecule has 62 valence electrons. The van der Waals surface area contributed by atoms with Gasteiger partial charge in [0.1, 0.15) is 6.00 Å². The SMILES string of the molecule is C=N/C(CCl)=C(/C)C=NCCl. The van der Waals surface area contributed by atoms with E-state index in [1.165, 1.54) is 0 Å². The standard InChI is InChI=1S/C7H10Cl2N2/c1-6(4-11-5-9)7(3-8)10-2/h4H,2-3,5H2,1H3/b7-6-,11-4?. The van der Waals surface area contributed by atoms with Gasteiger partial charge in [-0.3, -0.25) is 9.98 Å². The molecular weight excluding hydrogens is 183 g/mol. The van der Waals surface area contributed by atoms with Crippen molar-refractivity contribution in [1.29, 1.82) is 0 Å². The van der Waals surface area contributed by atoms with Crippen LogP contribution < -0.4 is 0 Å². The fourth-order valence-corrected chi connectivity index (χ4v) is 0.883. The molecule has 0 heterocycles. The van der Waals surface area contributed by atoms with Crippen molar-refractivity contribution in [1.82, 2.24) is 0 Å². The summed E-state index contributed by atoms with van der Waals surface area (Å²) in [7, 11) is 0. The van der Waals surface area contributed by atoms with Gasteiger partial charge in [0.2, 0.25) is 0 Å². The predicted molar refractivity (Wildman–Crippen MR) is 52.2 cm³/mol. The highest BCUT2D eigenvalue weighted by Crippen LogP contribution is 2.04. The van der Waals surface area contributed by atoms with Crippen molar-refractivity contribution >= 4 is 36.1 Å². The van der Waals surface area contributed by atoms with Crippen LogP contribution in [-0.4, -0.2) is 24.8 Å². The van der Waals surface area contributed by atoms with E-state index in [4.69, 9.17) is 23.2 Å². The Bertz CT molecular complexity index is 185. The molecule has 0 aliphatic rings. The summed E-state index contributed by atoms with van der Waals surface area (Å²) < 4.78 is 0. The minimum absolute atomic E-state index is 0.254. The van der Waals surface area contributed by atoms with Crippen LogP contribution in [0.15, 0.2) is 21.3 Å². The first-order valence-corrected chi connectivity index (χ1v) is 4.11. The molecule has 0 saturated carbocycles. The Morgan fingerprint density at radius 3 is 2.55 bits per heavy atom. The van der Waals surface area contributed by atoms with Crippen LogP contribution in [-0.2, 0) is 0 Å². The first kappa shape index (κ1) is 10.7. The molecule has 0 radical (unpaired) electrons. The van der Waals surface area contributed by atoms with Crippen LogP contribution in [0.25, 0.3) is 0 Å². The van der Waals surface area contributed by atoms with Gasteiger partial charge in [0.05, 0.1) is 11.6 Å². The molecule has 4 heteroatoms. The average Bonchev–Trinajstić information content (AvgIpc) is 2.03. The van der Waals surface area contributed by atoms with Crippen LogP contribution in [0.1, 0.15) is 6.92 Å². The van der Waals surface area contributed by atoms with Crippen molar-refractivity contribution in [3.8, 4) is 0 Å². The summed E-state index contributed by atoms with van der Waals surface area (Å²) in [4.78, 5) is 7.55. The summed E-state index contributed by atoms with van der Waals surface area (Å²) in [6, 6.07) is 0.254. The third-order valence-corrected chi connectivity index (χ3v) is 1.52. The molecule has 0 bridgehead atoms. The fraction of sp³-hybridized carbons (Fsp3) is 0.429. The largest absolute Gasteiger partial charge is 0.277 e. The molecule has 0 amide bonds. The number of nitrogens with zero attached hydrogens (tertiary/aromatic N) is 2. The van der Waals surface area contributed by atoms with Crippen LogP contribution in [0, 0.1) is 0 Å². The molecule has 0 aliphatic heterocycles. The van der Waals surface area contributed by atoms with Crippen molar-refractivity contribution in [2.24, 2.45) is 9.98 Å². The Hall–Kier alpha value is -0.340. The van der Waals surface area contributed by atoms with Crippen LogP contribution in [0.5, 0.6) is 0 Å². The van der Waals surface area contributed by atoms with E-state index >= 15 is 0 Å². The Labute approximate surface area is 76.6 Å². The van der Waals surface area contributed by atoms with E-state index in [-0.39, 0.29) is 6.00 Å². The average molecular weight is 193 g/mol. The second kappa shape index (κ2) is 6.38. The van der Waals surface area contributed by atoms with Crippen LogP contribution >= 0.6 is 23.2 Å². The molecule has 11 heavy (non-hydrogen) atoms. The highest BCUT2D eigenvalue weighted by atomic mass is 35.5. The maximum atomic E-state index is 5.56. The third-order valence-electron chi connectivity index (χ3n) is 1.13. The number of rotatable bonds is 4. The molecule has 0 aromatic rings. The van der Waals surface area contributed by atoms with Gasteiger partial charge in [-0.1, -0.05) is 0 Å². The molecule has 0 unspecified atom stereocenters. The molecule has 0 rings (SSSR count). The predicted octanol–water partition coefficient (Wildman–Crippen LogP) is 2.47.